The van der Waals surface area contributed by atoms with Gasteiger partial charge in [0.1, 0.15) is 17.1 Å². The van der Waals surface area contributed by atoms with Crippen LogP contribution in [-0.4, -0.2) is 17.5 Å². The van der Waals surface area contributed by atoms with Crippen LogP contribution in [-0.2, 0) is 9.53 Å². The number of aryl methyl sites for hydroxylation is 1. The highest BCUT2D eigenvalue weighted by atomic mass is 16.6. The van der Waals surface area contributed by atoms with Gasteiger partial charge >= 0.3 is 11.6 Å². The number of fused-ring (bicyclic) bond motifs is 1. The van der Waals surface area contributed by atoms with Crippen LogP contribution in [0.4, 0.5) is 5.69 Å². The SMILES string of the molecule is CCOC(=O)C1=C(N)Oc2cc(C)oc(=O)c2[C@@H]1c1ccc([N+](=O)[O-])cc1. The minimum absolute atomic E-state index is 0.0608. The van der Waals surface area contributed by atoms with Gasteiger partial charge in [0.05, 0.1) is 23.0 Å². The molecule has 1 aromatic heterocycles. The summed E-state index contributed by atoms with van der Waals surface area (Å²) in [4.78, 5) is 35.3. The number of hydrogen-bond donors (Lipinski definition) is 1. The van der Waals surface area contributed by atoms with Gasteiger partial charge in [0.25, 0.3) is 5.69 Å². The Hall–Kier alpha value is -3.62. The number of ether oxygens (including phenoxy) is 2. The number of nitrogens with zero attached hydrogens (tertiary/aromatic N) is 1. The number of non-ortho nitro benzene ring substituents is 1. The van der Waals surface area contributed by atoms with Gasteiger partial charge in [-0.25, -0.2) is 9.59 Å². The van der Waals surface area contributed by atoms with E-state index >= 15 is 0 Å². The third-order valence-electron chi connectivity index (χ3n) is 4.07. The number of carbonyl (C=O) groups excluding carboxylic acids is 1. The van der Waals surface area contributed by atoms with E-state index in [-0.39, 0.29) is 35.1 Å². The summed E-state index contributed by atoms with van der Waals surface area (Å²) in [6, 6.07) is 6.94. The summed E-state index contributed by atoms with van der Waals surface area (Å²) in [5, 5.41) is 10.9. The van der Waals surface area contributed by atoms with E-state index in [1.165, 1.54) is 30.3 Å². The molecule has 2 aromatic rings. The predicted molar refractivity (Wildman–Crippen MR) is 93.1 cm³/mol. The lowest BCUT2D eigenvalue weighted by Crippen LogP contribution is -2.31. The van der Waals surface area contributed by atoms with Gasteiger partial charge in [0.2, 0.25) is 5.88 Å². The molecule has 0 unspecified atom stereocenters. The fourth-order valence-electron chi connectivity index (χ4n) is 2.95. The summed E-state index contributed by atoms with van der Waals surface area (Å²) in [6.45, 7) is 3.30. The number of esters is 1. The fraction of sp³-hybridized carbons (Fsp3) is 0.222. The van der Waals surface area contributed by atoms with Crippen LogP contribution in [0.25, 0.3) is 0 Å². The van der Waals surface area contributed by atoms with Gasteiger partial charge in [-0.2, -0.15) is 0 Å². The lowest BCUT2D eigenvalue weighted by molar-refractivity contribution is -0.384. The van der Waals surface area contributed by atoms with Crippen molar-refractivity contribution >= 4 is 11.7 Å². The van der Waals surface area contributed by atoms with Crippen LogP contribution in [0.15, 0.2) is 51.0 Å². The Bertz CT molecular complexity index is 1010. The molecule has 9 nitrogen and oxygen atoms in total. The van der Waals surface area contributed by atoms with Crippen molar-refractivity contribution in [1.29, 1.82) is 0 Å². The van der Waals surface area contributed by atoms with Gasteiger partial charge in [0, 0.05) is 18.2 Å². The van der Waals surface area contributed by atoms with E-state index in [9.17, 15) is 19.7 Å². The number of benzene rings is 1. The van der Waals surface area contributed by atoms with Crippen molar-refractivity contribution in [2.24, 2.45) is 5.73 Å². The first-order valence-corrected chi connectivity index (χ1v) is 8.07. The Balaban J connectivity index is 2.23. The molecule has 0 radical (unpaired) electrons. The molecular weight excluding hydrogens is 356 g/mol. The second-order valence-electron chi connectivity index (χ2n) is 5.80. The van der Waals surface area contributed by atoms with Gasteiger partial charge in [-0.1, -0.05) is 12.1 Å². The third-order valence-corrected chi connectivity index (χ3v) is 4.07. The van der Waals surface area contributed by atoms with Crippen LogP contribution in [0.2, 0.25) is 0 Å². The predicted octanol–water partition coefficient (Wildman–Crippen LogP) is 2.11. The molecular formula is C18H16N2O7. The van der Waals surface area contributed by atoms with Crippen molar-refractivity contribution in [3.8, 4) is 5.75 Å². The molecule has 0 fully saturated rings. The molecule has 0 aliphatic carbocycles. The summed E-state index contributed by atoms with van der Waals surface area (Å²) in [5.74, 6) is -1.41. The first-order chi connectivity index (χ1) is 12.8. The van der Waals surface area contributed by atoms with Gasteiger partial charge in [-0.15, -0.1) is 0 Å². The molecule has 0 amide bonds. The van der Waals surface area contributed by atoms with Crippen LogP contribution in [0.1, 0.15) is 29.7 Å². The normalized spacial score (nSPS) is 15.7. The van der Waals surface area contributed by atoms with Gasteiger partial charge in [0.15, 0.2) is 0 Å². The van der Waals surface area contributed by atoms with E-state index in [0.29, 0.717) is 11.3 Å². The number of nitro benzene ring substituents is 1. The molecule has 0 saturated heterocycles. The number of carbonyl (C=O) groups is 1. The number of hydrogen-bond acceptors (Lipinski definition) is 8. The molecule has 27 heavy (non-hydrogen) atoms. The van der Waals surface area contributed by atoms with E-state index in [0.717, 1.165) is 0 Å². The van der Waals surface area contributed by atoms with Crippen LogP contribution in [0.3, 0.4) is 0 Å². The third kappa shape index (κ3) is 3.26. The molecule has 3 rings (SSSR count). The summed E-state index contributed by atoms with van der Waals surface area (Å²) in [7, 11) is 0. The second-order valence-corrected chi connectivity index (χ2v) is 5.80. The molecule has 0 bridgehead atoms. The van der Waals surface area contributed by atoms with Crippen molar-refractivity contribution in [3.05, 3.63) is 79.2 Å². The molecule has 0 saturated carbocycles. The van der Waals surface area contributed by atoms with Crippen molar-refractivity contribution in [2.45, 2.75) is 19.8 Å². The summed E-state index contributed by atoms with van der Waals surface area (Å²) in [6.07, 6.45) is 0. The molecule has 0 spiro atoms. The Morgan fingerprint density at radius 3 is 2.59 bits per heavy atom. The second kappa shape index (κ2) is 6.94. The quantitative estimate of drug-likeness (QED) is 0.490. The number of nitro groups is 1. The highest BCUT2D eigenvalue weighted by molar-refractivity contribution is 5.92. The highest BCUT2D eigenvalue weighted by Crippen LogP contribution is 2.41. The fourth-order valence-corrected chi connectivity index (χ4v) is 2.95. The van der Waals surface area contributed by atoms with Gasteiger partial charge in [-0.05, 0) is 19.4 Å². The van der Waals surface area contributed by atoms with Gasteiger partial charge in [-0.3, -0.25) is 10.1 Å². The largest absolute Gasteiger partial charge is 0.462 e. The Kier molecular flexibility index (Phi) is 4.68. The van der Waals surface area contributed by atoms with Crippen LogP contribution in [0, 0.1) is 17.0 Å². The van der Waals surface area contributed by atoms with E-state index in [4.69, 9.17) is 19.6 Å². The Labute approximate surface area is 153 Å². The molecule has 1 atom stereocenters. The minimum Gasteiger partial charge on any atom is -0.462 e. The van der Waals surface area contributed by atoms with Crippen LogP contribution in [0.5, 0.6) is 5.75 Å². The van der Waals surface area contributed by atoms with Crippen LogP contribution < -0.4 is 16.1 Å². The smallest absolute Gasteiger partial charge is 0.343 e. The van der Waals surface area contributed by atoms with Crippen LogP contribution >= 0.6 is 0 Å². The zero-order chi connectivity index (χ0) is 19.7. The zero-order valence-corrected chi connectivity index (χ0v) is 14.6. The molecule has 2 N–H and O–H groups in total. The molecule has 2 heterocycles. The van der Waals surface area contributed by atoms with E-state index in [1.807, 2.05) is 0 Å². The molecule has 9 heteroatoms. The molecule has 1 aromatic carbocycles. The van der Waals surface area contributed by atoms with E-state index in [2.05, 4.69) is 0 Å². The van der Waals surface area contributed by atoms with E-state index < -0.39 is 22.4 Å². The Morgan fingerprint density at radius 1 is 1.33 bits per heavy atom. The topological polar surface area (TPSA) is 135 Å². The van der Waals surface area contributed by atoms with Gasteiger partial charge < -0.3 is 19.6 Å². The highest BCUT2D eigenvalue weighted by Gasteiger charge is 2.38. The van der Waals surface area contributed by atoms with Crippen molar-refractivity contribution < 1.29 is 23.6 Å². The number of nitrogens with two attached hydrogens (primary N) is 1. The lowest BCUT2D eigenvalue weighted by Gasteiger charge is -2.27. The van der Waals surface area contributed by atoms with Crippen molar-refractivity contribution in [2.75, 3.05) is 6.61 Å². The lowest BCUT2D eigenvalue weighted by atomic mass is 9.83. The maximum Gasteiger partial charge on any atom is 0.343 e. The minimum atomic E-state index is -0.939. The maximum absolute atomic E-state index is 12.5. The number of rotatable bonds is 4. The molecule has 1 aliphatic rings. The summed E-state index contributed by atoms with van der Waals surface area (Å²) < 4.78 is 15.7. The Morgan fingerprint density at radius 2 is 2.00 bits per heavy atom. The monoisotopic (exact) mass is 372 g/mol. The zero-order valence-electron chi connectivity index (χ0n) is 14.6. The average Bonchev–Trinajstić information content (AvgIpc) is 2.60. The maximum atomic E-state index is 12.5. The van der Waals surface area contributed by atoms with Crippen molar-refractivity contribution in [1.82, 2.24) is 0 Å². The summed E-state index contributed by atoms with van der Waals surface area (Å²) >= 11 is 0. The van der Waals surface area contributed by atoms with E-state index in [1.54, 1.807) is 13.8 Å². The average molecular weight is 372 g/mol. The molecule has 140 valence electrons. The first-order valence-electron chi connectivity index (χ1n) is 8.07. The standard InChI is InChI=1S/C18H16N2O7/c1-3-25-17(21)15-13(10-4-6-11(7-5-10)20(23)24)14-12(27-16(15)19)8-9(2)26-18(14)22/h4-8,13H,3,19H2,1-2H3/t13-/m0/s1. The first kappa shape index (κ1) is 18.2. The van der Waals surface area contributed by atoms with Crippen molar-refractivity contribution in [3.63, 3.8) is 0 Å². The molecule has 1 aliphatic heterocycles. The summed E-state index contributed by atoms with van der Waals surface area (Å²) in [5.41, 5.74) is 5.58.